The second kappa shape index (κ2) is 9.99. The van der Waals surface area contributed by atoms with Gasteiger partial charge in [0.1, 0.15) is 12.5 Å². The quantitative estimate of drug-likeness (QED) is 0.517. The summed E-state index contributed by atoms with van der Waals surface area (Å²) in [7, 11) is 1.51. The number of carbonyl (C=O) groups excluding carboxylic acids is 2. The van der Waals surface area contributed by atoms with Crippen molar-refractivity contribution in [2.45, 2.75) is 39.7 Å². The maximum absolute atomic E-state index is 12.9. The van der Waals surface area contributed by atoms with E-state index >= 15 is 0 Å². The van der Waals surface area contributed by atoms with Crippen LogP contribution >= 0.6 is 0 Å². The molecule has 7 nitrogen and oxygen atoms in total. The van der Waals surface area contributed by atoms with Crippen molar-refractivity contribution in [3.63, 3.8) is 0 Å². The molecule has 0 radical (unpaired) electrons. The van der Waals surface area contributed by atoms with Crippen LogP contribution in [0.5, 0.6) is 0 Å². The Kier molecular flexibility index (Phi) is 7.68. The molecule has 0 saturated carbocycles. The Hall–Kier alpha value is -2.98. The number of benzene rings is 1. The van der Waals surface area contributed by atoms with Gasteiger partial charge in [0.2, 0.25) is 0 Å². The summed E-state index contributed by atoms with van der Waals surface area (Å²) in [6.45, 7) is 7.32. The molecule has 7 heteroatoms. The van der Waals surface area contributed by atoms with Crippen molar-refractivity contribution in [2.24, 2.45) is 10.9 Å². The van der Waals surface area contributed by atoms with Gasteiger partial charge in [0.15, 0.2) is 0 Å². The van der Waals surface area contributed by atoms with Crippen LogP contribution in [0, 0.1) is 17.2 Å². The van der Waals surface area contributed by atoms with Crippen LogP contribution in [0.15, 0.2) is 40.5 Å². The Morgan fingerprint density at radius 2 is 1.97 bits per heavy atom. The van der Waals surface area contributed by atoms with E-state index in [1.807, 2.05) is 0 Å². The average Bonchev–Trinajstić information content (AvgIpc) is 2.66. The Bertz CT molecular complexity index is 879. The Balaban J connectivity index is 2.57. The number of methoxy groups -OCH3 is 1. The van der Waals surface area contributed by atoms with Gasteiger partial charge in [-0.05, 0) is 45.4 Å². The van der Waals surface area contributed by atoms with Crippen LogP contribution in [0.2, 0.25) is 0 Å². The minimum Gasteiger partial charge on any atom is -0.462 e. The summed E-state index contributed by atoms with van der Waals surface area (Å²) in [5.41, 5.74) is 2.40. The van der Waals surface area contributed by atoms with Crippen LogP contribution in [0.25, 0.3) is 0 Å². The van der Waals surface area contributed by atoms with Crippen LogP contribution in [0.3, 0.4) is 0 Å². The predicted octanol–water partition coefficient (Wildman–Crippen LogP) is 3.15. The van der Waals surface area contributed by atoms with Crippen molar-refractivity contribution in [3.8, 4) is 6.07 Å². The zero-order chi connectivity index (χ0) is 21.6. The molecule has 1 aliphatic rings. The Morgan fingerprint density at radius 3 is 2.59 bits per heavy atom. The first-order chi connectivity index (χ1) is 13.8. The number of aliphatic imine (C=N–C) groups is 1. The molecular weight excluding hydrogens is 372 g/mol. The van der Waals surface area contributed by atoms with Gasteiger partial charge in [-0.25, -0.2) is 4.79 Å². The maximum atomic E-state index is 12.9. The third-order valence-corrected chi connectivity index (χ3v) is 4.55. The first kappa shape index (κ1) is 22.3. The summed E-state index contributed by atoms with van der Waals surface area (Å²) < 4.78 is 15.7. The molecule has 1 aromatic carbocycles. The van der Waals surface area contributed by atoms with E-state index in [2.05, 4.69) is 11.1 Å². The molecule has 0 bridgehead atoms. The molecule has 0 spiro atoms. The summed E-state index contributed by atoms with van der Waals surface area (Å²) >= 11 is 0. The van der Waals surface area contributed by atoms with E-state index in [0.717, 1.165) is 0 Å². The highest BCUT2D eigenvalue weighted by molar-refractivity contribution is 6.07. The number of esters is 2. The van der Waals surface area contributed by atoms with Gasteiger partial charge in [0, 0.05) is 24.4 Å². The molecule has 0 saturated heterocycles. The molecule has 29 heavy (non-hydrogen) atoms. The predicted molar refractivity (Wildman–Crippen MR) is 107 cm³/mol. The first-order valence-electron chi connectivity index (χ1n) is 9.42. The van der Waals surface area contributed by atoms with E-state index in [9.17, 15) is 14.9 Å². The number of hydrogen-bond acceptors (Lipinski definition) is 7. The molecule has 0 fully saturated rings. The van der Waals surface area contributed by atoms with Gasteiger partial charge >= 0.3 is 11.9 Å². The fraction of sp³-hybridized carbons (Fsp3) is 0.455. The smallest absolute Gasteiger partial charge is 0.336 e. The summed E-state index contributed by atoms with van der Waals surface area (Å²) in [6, 6.07) is 8.95. The third kappa shape index (κ3) is 5.30. The van der Waals surface area contributed by atoms with Crippen LogP contribution in [0.1, 0.15) is 44.7 Å². The number of ether oxygens (including phenoxy) is 3. The van der Waals surface area contributed by atoms with Crippen molar-refractivity contribution in [2.75, 3.05) is 20.3 Å². The van der Waals surface area contributed by atoms with Crippen molar-refractivity contribution in [1.82, 2.24) is 0 Å². The topological polar surface area (TPSA) is 98.0 Å². The number of hydrogen-bond donors (Lipinski definition) is 0. The van der Waals surface area contributed by atoms with Crippen molar-refractivity contribution < 1.29 is 23.8 Å². The van der Waals surface area contributed by atoms with E-state index in [-0.39, 0.29) is 24.9 Å². The molecule has 0 amide bonds. The molecule has 1 aliphatic heterocycles. The SMILES string of the molecule is COCCOC(=O)C1=C(C)N=C(C)C(C(=O)OC(C)C)C1c1cccc(C#N)c1. The Labute approximate surface area is 171 Å². The van der Waals surface area contributed by atoms with Gasteiger partial charge in [0.25, 0.3) is 0 Å². The molecule has 154 valence electrons. The number of nitriles is 1. The lowest BCUT2D eigenvalue weighted by Crippen LogP contribution is -2.37. The average molecular weight is 398 g/mol. The molecule has 2 unspecified atom stereocenters. The number of rotatable bonds is 7. The molecule has 2 rings (SSSR count). The van der Waals surface area contributed by atoms with Gasteiger partial charge in [0.05, 0.1) is 29.9 Å². The highest BCUT2D eigenvalue weighted by Crippen LogP contribution is 2.40. The lowest BCUT2D eigenvalue weighted by atomic mass is 9.75. The second-order valence-corrected chi connectivity index (χ2v) is 7.06. The summed E-state index contributed by atoms with van der Waals surface area (Å²) in [5, 5.41) is 9.29. The van der Waals surface area contributed by atoms with E-state index in [0.29, 0.717) is 22.5 Å². The van der Waals surface area contributed by atoms with Crippen LogP contribution in [0.4, 0.5) is 0 Å². The molecule has 0 N–H and O–H groups in total. The minimum atomic E-state index is -0.792. The monoisotopic (exact) mass is 398 g/mol. The number of allylic oxidation sites excluding steroid dienone is 1. The van der Waals surface area contributed by atoms with Gasteiger partial charge in [-0.1, -0.05) is 12.1 Å². The van der Waals surface area contributed by atoms with Crippen molar-refractivity contribution in [1.29, 1.82) is 5.26 Å². The summed E-state index contributed by atoms with van der Waals surface area (Å²) in [5.74, 6) is -2.49. The Morgan fingerprint density at radius 1 is 1.24 bits per heavy atom. The van der Waals surface area contributed by atoms with Gasteiger partial charge in [-0.3, -0.25) is 9.79 Å². The highest BCUT2D eigenvalue weighted by Gasteiger charge is 2.42. The van der Waals surface area contributed by atoms with E-state index in [1.165, 1.54) is 7.11 Å². The normalized spacial score (nSPS) is 18.9. The van der Waals surface area contributed by atoms with E-state index < -0.39 is 23.8 Å². The maximum Gasteiger partial charge on any atom is 0.336 e. The second-order valence-electron chi connectivity index (χ2n) is 7.06. The van der Waals surface area contributed by atoms with E-state index in [1.54, 1.807) is 52.0 Å². The number of carbonyl (C=O) groups is 2. The zero-order valence-electron chi connectivity index (χ0n) is 17.4. The largest absolute Gasteiger partial charge is 0.462 e. The highest BCUT2D eigenvalue weighted by atomic mass is 16.6. The number of nitrogens with zero attached hydrogens (tertiary/aromatic N) is 2. The molecule has 1 heterocycles. The standard InChI is InChI=1S/C22H26N2O5/c1-13(2)29-22(26)19-15(4)24-14(3)18(21(25)28-10-9-27-5)20(19)17-8-6-7-16(11-17)12-23/h6-8,11,13,19-20H,9-10H2,1-5H3. The van der Waals surface area contributed by atoms with Crippen LogP contribution in [-0.2, 0) is 23.8 Å². The molecular formula is C22H26N2O5. The van der Waals surface area contributed by atoms with Gasteiger partial charge in [-0.15, -0.1) is 0 Å². The van der Waals surface area contributed by atoms with Crippen LogP contribution < -0.4 is 0 Å². The lowest BCUT2D eigenvalue weighted by Gasteiger charge is -2.32. The lowest BCUT2D eigenvalue weighted by molar-refractivity contribution is -0.150. The van der Waals surface area contributed by atoms with Gasteiger partial charge in [-0.2, -0.15) is 5.26 Å². The summed E-state index contributed by atoms with van der Waals surface area (Å²) in [6.07, 6.45) is -0.314. The first-order valence-corrected chi connectivity index (χ1v) is 9.42. The van der Waals surface area contributed by atoms with Crippen molar-refractivity contribution >= 4 is 17.7 Å². The zero-order valence-corrected chi connectivity index (χ0v) is 17.4. The third-order valence-electron chi connectivity index (χ3n) is 4.55. The fourth-order valence-corrected chi connectivity index (χ4v) is 3.37. The minimum absolute atomic E-state index is 0.0842. The van der Waals surface area contributed by atoms with E-state index in [4.69, 9.17) is 14.2 Å². The fourth-order valence-electron chi connectivity index (χ4n) is 3.37. The van der Waals surface area contributed by atoms with Gasteiger partial charge < -0.3 is 14.2 Å². The molecule has 0 aliphatic carbocycles. The summed E-state index contributed by atoms with van der Waals surface area (Å²) in [4.78, 5) is 30.3. The molecule has 2 atom stereocenters. The van der Waals surface area contributed by atoms with Crippen LogP contribution in [-0.4, -0.2) is 44.1 Å². The van der Waals surface area contributed by atoms with Crippen molar-refractivity contribution in [3.05, 3.63) is 46.7 Å². The molecule has 1 aromatic rings. The molecule has 0 aromatic heterocycles.